The van der Waals surface area contributed by atoms with E-state index in [4.69, 9.17) is 0 Å². The quantitative estimate of drug-likeness (QED) is 0.797. The van der Waals surface area contributed by atoms with Crippen molar-refractivity contribution in [3.8, 4) is 0 Å². The van der Waals surface area contributed by atoms with Crippen LogP contribution in [0.25, 0.3) is 0 Å². The molecule has 0 bridgehead atoms. The normalized spacial score (nSPS) is 10.8. The summed E-state index contributed by atoms with van der Waals surface area (Å²) >= 11 is 0. The fourth-order valence-corrected chi connectivity index (χ4v) is 1.79. The van der Waals surface area contributed by atoms with Crippen LogP contribution in [-0.4, -0.2) is 55.6 Å². The maximum atomic E-state index is 4.57. The van der Waals surface area contributed by atoms with Crippen molar-refractivity contribution in [1.82, 2.24) is 14.9 Å². The van der Waals surface area contributed by atoms with Gasteiger partial charge < -0.3 is 15.1 Å². The predicted octanol–water partition coefficient (Wildman–Crippen LogP) is 1.60. The third kappa shape index (κ3) is 4.14. The molecule has 5 nitrogen and oxygen atoms in total. The molecule has 5 heteroatoms. The number of hydrogen-bond donors (Lipinski definition) is 1. The van der Waals surface area contributed by atoms with Gasteiger partial charge in [-0.1, -0.05) is 6.92 Å². The van der Waals surface area contributed by atoms with Crippen LogP contribution in [0, 0.1) is 6.92 Å². The number of rotatable bonds is 7. The first kappa shape index (κ1) is 14.7. The molecule has 0 aliphatic heterocycles. The maximum Gasteiger partial charge on any atom is 0.224 e. The van der Waals surface area contributed by atoms with Crippen LogP contribution in [0.4, 0.5) is 11.8 Å². The molecule has 0 unspecified atom stereocenters. The fourth-order valence-electron chi connectivity index (χ4n) is 1.79. The summed E-state index contributed by atoms with van der Waals surface area (Å²) in [5.41, 5.74) is 1.13. The number of anilines is 2. The molecule has 0 spiro atoms. The Kier molecular flexibility index (Phi) is 5.85. The molecule has 0 radical (unpaired) electrons. The first-order chi connectivity index (χ1) is 8.58. The van der Waals surface area contributed by atoms with E-state index in [2.05, 4.69) is 53.0 Å². The molecule has 0 amide bonds. The van der Waals surface area contributed by atoms with Crippen LogP contribution in [0.1, 0.15) is 18.9 Å². The molecule has 0 saturated heterocycles. The molecule has 18 heavy (non-hydrogen) atoms. The summed E-state index contributed by atoms with van der Waals surface area (Å²) in [5, 5.41) is 3.00. The molecule has 1 N–H and O–H groups in total. The van der Waals surface area contributed by atoms with E-state index in [1.54, 1.807) is 0 Å². The van der Waals surface area contributed by atoms with Gasteiger partial charge >= 0.3 is 0 Å². The van der Waals surface area contributed by atoms with Crippen molar-refractivity contribution in [2.75, 3.05) is 51.0 Å². The van der Waals surface area contributed by atoms with Gasteiger partial charge in [-0.3, -0.25) is 0 Å². The molecule has 0 fully saturated rings. The molecule has 1 aromatic rings. The number of nitrogens with zero attached hydrogens (tertiary/aromatic N) is 4. The Bertz CT molecular complexity index is 364. The van der Waals surface area contributed by atoms with Gasteiger partial charge in [-0.2, -0.15) is 4.98 Å². The highest BCUT2D eigenvalue weighted by Crippen LogP contribution is 2.18. The first-order valence-corrected chi connectivity index (χ1v) is 6.49. The van der Waals surface area contributed by atoms with E-state index >= 15 is 0 Å². The predicted molar refractivity (Wildman–Crippen MR) is 77.4 cm³/mol. The van der Waals surface area contributed by atoms with Crippen LogP contribution in [0.15, 0.2) is 6.20 Å². The second-order valence-electron chi connectivity index (χ2n) is 4.74. The van der Waals surface area contributed by atoms with Crippen LogP contribution in [0.5, 0.6) is 0 Å². The van der Waals surface area contributed by atoms with Gasteiger partial charge in [0.05, 0.1) is 0 Å². The minimum atomic E-state index is 0.682. The van der Waals surface area contributed by atoms with Gasteiger partial charge in [0, 0.05) is 38.4 Å². The van der Waals surface area contributed by atoms with Gasteiger partial charge in [-0.05, 0) is 27.4 Å². The lowest BCUT2D eigenvalue weighted by Gasteiger charge is -2.26. The van der Waals surface area contributed by atoms with Crippen molar-refractivity contribution in [1.29, 1.82) is 0 Å². The Morgan fingerprint density at radius 2 is 1.94 bits per heavy atom. The second kappa shape index (κ2) is 7.16. The van der Waals surface area contributed by atoms with Crippen molar-refractivity contribution >= 4 is 11.8 Å². The lowest BCUT2D eigenvalue weighted by Crippen LogP contribution is -2.33. The molecule has 0 aliphatic carbocycles. The summed E-state index contributed by atoms with van der Waals surface area (Å²) in [4.78, 5) is 13.3. The van der Waals surface area contributed by atoms with E-state index < -0.39 is 0 Å². The van der Waals surface area contributed by atoms with E-state index in [0.717, 1.165) is 37.4 Å². The molecule has 1 heterocycles. The molecule has 0 aliphatic rings. The van der Waals surface area contributed by atoms with Crippen LogP contribution < -0.4 is 10.2 Å². The zero-order valence-corrected chi connectivity index (χ0v) is 12.2. The second-order valence-corrected chi connectivity index (χ2v) is 4.74. The van der Waals surface area contributed by atoms with Crippen LogP contribution in [-0.2, 0) is 0 Å². The lowest BCUT2D eigenvalue weighted by atomic mass is 10.3. The molecule has 0 saturated carbocycles. The lowest BCUT2D eigenvalue weighted by molar-refractivity contribution is 0.412. The number of likely N-dealkylation sites (N-methyl/N-ethyl adjacent to an activating group) is 1. The van der Waals surface area contributed by atoms with Crippen LogP contribution in [0.3, 0.4) is 0 Å². The number of aromatic nitrogens is 2. The van der Waals surface area contributed by atoms with Crippen molar-refractivity contribution in [2.45, 2.75) is 20.3 Å². The topological polar surface area (TPSA) is 44.3 Å². The minimum absolute atomic E-state index is 0.682. The average Bonchev–Trinajstić information content (AvgIpc) is 2.35. The summed E-state index contributed by atoms with van der Waals surface area (Å²) in [6.07, 6.45) is 3.00. The van der Waals surface area contributed by atoms with Gasteiger partial charge in [0.25, 0.3) is 0 Å². The molecule has 102 valence electrons. The van der Waals surface area contributed by atoms with Gasteiger partial charge in [0.1, 0.15) is 5.82 Å². The highest BCUT2D eigenvalue weighted by molar-refractivity contribution is 5.48. The summed E-state index contributed by atoms with van der Waals surface area (Å²) in [7, 11) is 6.03. The zero-order valence-electron chi connectivity index (χ0n) is 12.2. The Morgan fingerprint density at radius 3 is 2.50 bits per heavy atom. The van der Waals surface area contributed by atoms with Crippen molar-refractivity contribution in [3.63, 3.8) is 0 Å². The van der Waals surface area contributed by atoms with E-state index in [0.29, 0.717) is 5.95 Å². The number of hydrogen-bond acceptors (Lipinski definition) is 5. The Balaban J connectivity index is 2.89. The summed E-state index contributed by atoms with van der Waals surface area (Å²) in [6.45, 7) is 7.29. The maximum absolute atomic E-state index is 4.57. The van der Waals surface area contributed by atoms with Crippen LogP contribution in [0.2, 0.25) is 0 Å². The van der Waals surface area contributed by atoms with Crippen LogP contribution >= 0.6 is 0 Å². The van der Waals surface area contributed by atoms with Crippen molar-refractivity contribution in [3.05, 3.63) is 11.8 Å². The summed E-state index contributed by atoms with van der Waals surface area (Å²) in [5.74, 6) is 1.72. The largest absolute Gasteiger partial charge is 0.357 e. The first-order valence-electron chi connectivity index (χ1n) is 6.49. The van der Waals surface area contributed by atoms with E-state index in [1.165, 1.54) is 0 Å². The van der Waals surface area contributed by atoms with E-state index in [1.807, 2.05) is 13.2 Å². The highest BCUT2D eigenvalue weighted by atomic mass is 15.2. The van der Waals surface area contributed by atoms with Crippen molar-refractivity contribution in [2.24, 2.45) is 0 Å². The highest BCUT2D eigenvalue weighted by Gasteiger charge is 2.11. The number of nitrogens with one attached hydrogen (secondary N) is 1. The molecule has 1 rings (SSSR count). The Hall–Kier alpha value is -1.36. The standard InChI is InChI=1S/C13H25N5/c1-6-7-18(9-8-17(4)5)12-11(2)10-15-13(14-3)16-12/h10H,6-9H2,1-5H3,(H,14,15,16). The molecule has 1 aromatic heterocycles. The Labute approximate surface area is 110 Å². The van der Waals surface area contributed by atoms with E-state index in [9.17, 15) is 0 Å². The smallest absolute Gasteiger partial charge is 0.224 e. The summed E-state index contributed by atoms with van der Waals surface area (Å²) in [6, 6.07) is 0. The van der Waals surface area contributed by atoms with Gasteiger partial charge in [-0.25, -0.2) is 4.98 Å². The van der Waals surface area contributed by atoms with Gasteiger partial charge in [0.15, 0.2) is 0 Å². The summed E-state index contributed by atoms with van der Waals surface area (Å²) < 4.78 is 0. The van der Waals surface area contributed by atoms with Gasteiger partial charge in [0.2, 0.25) is 5.95 Å². The fraction of sp³-hybridized carbons (Fsp3) is 0.692. The average molecular weight is 251 g/mol. The van der Waals surface area contributed by atoms with Gasteiger partial charge in [-0.15, -0.1) is 0 Å². The molecule has 0 atom stereocenters. The molecule has 0 aromatic carbocycles. The van der Waals surface area contributed by atoms with Crippen molar-refractivity contribution < 1.29 is 0 Å². The zero-order chi connectivity index (χ0) is 13.5. The molecular formula is C13H25N5. The monoisotopic (exact) mass is 251 g/mol. The Morgan fingerprint density at radius 1 is 1.22 bits per heavy atom. The van der Waals surface area contributed by atoms with E-state index in [-0.39, 0.29) is 0 Å². The SMILES string of the molecule is CCCN(CCN(C)C)c1nc(NC)ncc1C. The third-order valence-electron chi connectivity index (χ3n) is 2.78. The molecular weight excluding hydrogens is 226 g/mol. The minimum Gasteiger partial charge on any atom is -0.357 e. The number of aryl methyl sites for hydroxylation is 1. The third-order valence-corrected chi connectivity index (χ3v) is 2.78.